The Hall–Kier alpha value is -2.06. The van der Waals surface area contributed by atoms with Crippen molar-refractivity contribution in [3.63, 3.8) is 0 Å². The predicted octanol–water partition coefficient (Wildman–Crippen LogP) is 2.46. The number of hydrogen-bond acceptors (Lipinski definition) is 4. The number of nitrogens with zero attached hydrogens (tertiary/aromatic N) is 3. The summed E-state index contributed by atoms with van der Waals surface area (Å²) in [5.41, 5.74) is 0.691. The molecule has 6 nitrogen and oxygen atoms in total. The van der Waals surface area contributed by atoms with E-state index >= 15 is 0 Å². The molecule has 1 aliphatic rings. The summed E-state index contributed by atoms with van der Waals surface area (Å²) in [6.45, 7) is 3.55. The standard InChI is InChI=1S/C15H17F2N5O.ClH/c1-9-14(20-21-22(9)11-4-6-18-7-5-11)15(23)19-13-3-2-10(16)8-12(13)17;/h2-3,8,11,18H,4-7H2,1H3,(H,19,23);1H. The van der Waals surface area contributed by atoms with Crippen molar-refractivity contribution in [1.82, 2.24) is 20.3 Å². The van der Waals surface area contributed by atoms with Gasteiger partial charge in [-0.2, -0.15) is 0 Å². The number of benzene rings is 1. The molecule has 1 aromatic carbocycles. The second-order valence-corrected chi connectivity index (χ2v) is 5.53. The Morgan fingerprint density at radius 1 is 1.33 bits per heavy atom. The van der Waals surface area contributed by atoms with Crippen molar-refractivity contribution in [2.24, 2.45) is 0 Å². The summed E-state index contributed by atoms with van der Waals surface area (Å²) in [6, 6.07) is 3.17. The smallest absolute Gasteiger partial charge is 0.278 e. The van der Waals surface area contributed by atoms with Gasteiger partial charge in [-0.15, -0.1) is 17.5 Å². The van der Waals surface area contributed by atoms with Crippen molar-refractivity contribution in [3.05, 3.63) is 41.2 Å². The van der Waals surface area contributed by atoms with Crippen molar-refractivity contribution in [2.75, 3.05) is 18.4 Å². The predicted molar refractivity (Wildman–Crippen MR) is 87.5 cm³/mol. The second-order valence-electron chi connectivity index (χ2n) is 5.53. The Labute approximate surface area is 144 Å². The summed E-state index contributed by atoms with van der Waals surface area (Å²) < 4.78 is 28.3. The van der Waals surface area contributed by atoms with Gasteiger partial charge in [-0.1, -0.05) is 5.21 Å². The molecule has 24 heavy (non-hydrogen) atoms. The van der Waals surface area contributed by atoms with Crippen LogP contribution in [0.4, 0.5) is 14.5 Å². The van der Waals surface area contributed by atoms with Crippen LogP contribution in [-0.4, -0.2) is 34.0 Å². The molecule has 2 heterocycles. The van der Waals surface area contributed by atoms with Gasteiger partial charge >= 0.3 is 0 Å². The van der Waals surface area contributed by atoms with Crippen molar-refractivity contribution in [2.45, 2.75) is 25.8 Å². The van der Waals surface area contributed by atoms with Crippen molar-refractivity contribution < 1.29 is 13.6 Å². The zero-order valence-electron chi connectivity index (χ0n) is 13.1. The first-order valence-corrected chi connectivity index (χ1v) is 7.45. The molecular formula is C15H18ClF2N5O. The van der Waals surface area contributed by atoms with Gasteiger partial charge in [0.05, 0.1) is 17.4 Å². The minimum atomic E-state index is -0.832. The van der Waals surface area contributed by atoms with Crippen LogP contribution < -0.4 is 10.6 Å². The van der Waals surface area contributed by atoms with Gasteiger partial charge in [0.25, 0.3) is 5.91 Å². The number of halogens is 3. The van der Waals surface area contributed by atoms with Crippen LogP contribution in [0, 0.1) is 18.6 Å². The van der Waals surface area contributed by atoms with Crippen LogP contribution in [0.3, 0.4) is 0 Å². The quantitative estimate of drug-likeness (QED) is 0.885. The largest absolute Gasteiger partial charge is 0.318 e. The number of amides is 1. The third-order valence-corrected chi connectivity index (χ3v) is 3.98. The number of anilines is 1. The fourth-order valence-corrected chi connectivity index (χ4v) is 2.72. The number of nitrogens with one attached hydrogen (secondary N) is 2. The van der Waals surface area contributed by atoms with E-state index in [2.05, 4.69) is 20.9 Å². The van der Waals surface area contributed by atoms with Gasteiger partial charge in [0, 0.05) is 6.07 Å². The van der Waals surface area contributed by atoms with E-state index in [0.717, 1.165) is 32.0 Å². The molecule has 0 bridgehead atoms. The monoisotopic (exact) mass is 357 g/mol. The van der Waals surface area contributed by atoms with Crippen LogP contribution in [0.1, 0.15) is 35.1 Å². The minimum absolute atomic E-state index is 0. The van der Waals surface area contributed by atoms with E-state index in [4.69, 9.17) is 0 Å². The number of hydrogen-bond donors (Lipinski definition) is 2. The van der Waals surface area contributed by atoms with E-state index in [1.165, 1.54) is 6.07 Å². The second kappa shape index (κ2) is 7.67. The highest BCUT2D eigenvalue weighted by Gasteiger charge is 2.23. The lowest BCUT2D eigenvalue weighted by Gasteiger charge is -2.23. The summed E-state index contributed by atoms with van der Waals surface area (Å²) in [5, 5.41) is 13.6. The molecule has 0 saturated carbocycles. The Morgan fingerprint density at radius 2 is 2.04 bits per heavy atom. The van der Waals surface area contributed by atoms with Crippen molar-refractivity contribution in [3.8, 4) is 0 Å². The summed E-state index contributed by atoms with van der Waals surface area (Å²) in [5.74, 6) is -2.09. The lowest BCUT2D eigenvalue weighted by atomic mass is 10.1. The summed E-state index contributed by atoms with van der Waals surface area (Å²) in [7, 11) is 0. The number of carbonyl (C=O) groups excluding carboxylic acids is 1. The average molecular weight is 358 g/mol. The van der Waals surface area contributed by atoms with Crippen LogP contribution in [-0.2, 0) is 0 Å². The average Bonchev–Trinajstić information content (AvgIpc) is 2.92. The van der Waals surface area contributed by atoms with Gasteiger partial charge in [0.15, 0.2) is 5.69 Å². The third kappa shape index (κ3) is 3.70. The summed E-state index contributed by atoms with van der Waals surface area (Å²) >= 11 is 0. The van der Waals surface area contributed by atoms with E-state index in [0.29, 0.717) is 11.8 Å². The van der Waals surface area contributed by atoms with Gasteiger partial charge in [0.2, 0.25) is 0 Å². The Balaban J connectivity index is 0.00000208. The fraction of sp³-hybridized carbons (Fsp3) is 0.400. The Kier molecular flexibility index (Phi) is 5.84. The Bertz CT molecular complexity index is 731. The molecule has 2 aromatic rings. The summed E-state index contributed by atoms with van der Waals surface area (Å²) in [4.78, 5) is 12.3. The molecule has 9 heteroatoms. The topological polar surface area (TPSA) is 71.8 Å². The molecule has 0 spiro atoms. The first kappa shape index (κ1) is 18.3. The lowest BCUT2D eigenvalue weighted by molar-refractivity contribution is 0.102. The number of carbonyl (C=O) groups is 1. The van der Waals surface area contributed by atoms with Crippen LogP contribution in [0.15, 0.2) is 18.2 Å². The molecule has 1 aromatic heterocycles. The summed E-state index contributed by atoms with van der Waals surface area (Å²) in [6.07, 6.45) is 1.83. The van der Waals surface area contributed by atoms with Crippen molar-refractivity contribution >= 4 is 24.0 Å². The first-order valence-electron chi connectivity index (χ1n) is 7.45. The highest BCUT2D eigenvalue weighted by atomic mass is 35.5. The normalized spacial score (nSPS) is 15.0. The Morgan fingerprint density at radius 3 is 2.71 bits per heavy atom. The zero-order chi connectivity index (χ0) is 16.4. The molecule has 2 N–H and O–H groups in total. The van der Waals surface area contributed by atoms with E-state index < -0.39 is 17.5 Å². The lowest BCUT2D eigenvalue weighted by Crippen LogP contribution is -2.30. The van der Waals surface area contributed by atoms with Gasteiger partial charge < -0.3 is 10.6 Å². The maximum atomic E-state index is 13.6. The molecule has 0 radical (unpaired) electrons. The van der Waals surface area contributed by atoms with E-state index in [9.17, 15) is 13.6 Å². The molecule has 1 amide bonds. The number of aromatic nitrogens is 3. The molecular weight excluding hydrogens is 340 g/mol. The number of rotatable bonds is 3. The molecule has 1 fully saturated rings. The SMILES string of the molecule is Cc1c(C(=O)Nc2ccc(F)cc2F)nnn1C1CCNCC1.Cl. The molecule has 1 aliphatic heterocycles. The van der Waals surface area contributed by atoms with Crippen LogP contribution >= 0.6 is 12.4 Å². The highest BCUT2D eigenvalue weighted by molar-refractivity contribution is 6.03. The van der Waals surface area contributed by atoms with E-state index in [1.807, 2.05) is 0 Å². The zero-order valence-corrected chi connectivity index (χ0v) is 13.9. The highest BCUT2D eigenvalue weighted by Crippen LogP contribution is 2.21. The van der Waals surface area contributed by atoms with E-state index in [1.54, 1.807) is 11.6 Å². The third-order valence-electron chi connectivity index (χ3n) is 3.98. The molecule has 1 saturated heterocycles. The molecule has 0 atom stereocenters. The van der Waals surface area contributed by atoms with Crippen molar-refractivity contribution in [1.29, 1.82) is 0 Å². The first-order chi connectivity index (χ1) is 11.1. The van der Waals surface area contributed by atoms with E-state index in [-0.39, 0.29) is 29.8 Å². The molecule has 0 aliphatic carbocycles. The van der Waals surface area contributed by atoms with Gasteiger partial charge in [-0.05, 0) is 45.0 Å². The van der Waals surface area contributed by atoms with Crippen LogP contribution in [0.5, 0.6) is 0 Å². The number of piperidine rings is 1. The van der Waals surface area contributed by atoms with Crippen LogP contribution in [0.2, 0.25) is 0 Å². The van der Waals surface area contributed by atoms with Gasteiger partial charge in [-0.25, -0.2) is 13.5 Å². The minimum Gasteiger partial charge on any atom is -0.318 e. The molecule has 3 rings (SSSR count). The molecule has 0 unspecified atom stereocenters. The fourth-order valence-electron chi connectivity index (χ4n) is 2.72. The van der Waals surface area contributed by atoms with Crippen LogP contribution in [0.25, 0.3) is 0 Å². The maximum Gasteiger partial charge on any atom is 0.278 e. The van der Waals surface area contributed by atoms with Gasteiger partial charge in [-0.3, -0.25) is 4.79 Å². The maximum absolute atomic E-state index is 13.6. The molecule has 130 valence electrons. The van der Waals surface area contributed by atoms with Gasteiger partial charge in [0.1, 0.15) is 11.6 Å².